The minimum atomic E-state index is -2.83. The predicted molar refractivity (Wildman–Crippen MR) is 144 cm³/mol. The standard InChI is InChI=1S/C13H31NO5Si.C10H25NO3Si/c1-4-17-20(18-5-2,12-6-9-14)19-13(3,7-10-15)8-11-16;1-5-6-8-11-9-7-10-15(12-2,13-3)14-4/h15-16H,4-12,14H2,1-3H3;11H,5-10H2,1-4H3. The normalized spacial score (nSPS) is 12.5. The Labute approximate surface area is 216 Å². The van der Waals surface area contributed by atoms with Crippen molar-refractivity contribution in [3.8, 4) is 0 Å². The van der Waals surface area contributed by atoms with E-state index in [-0.39, 0.29) is 13.2 Å². The molecule has 0 amide bonds. The van der Waals surface area contributed by atoms with Gasteiger partial charge in [-0.05, 0) is 72.5 Å². The molecule has 0 spiro atoms. The highest BCUT2D eigenvalue weighted by atomic mass is 28.4. The van der Waals surface area contributed by atoms with Crippen molar-refractivity contribution in [1.29, 1.82) is 0 Å². The fraction of sp³-hybridized carbons (Fsp3) is 1.00. The van der Waals surface area contributed by atoms with Crippen LogP contribution in [0, 0.1) is 0 Å². The monoisotopic (exact) mass is 544 g/mol. The second-order valence-electron chi connectivity index (χ2n) is 8.44. The Morgan fingerprint density at radius 3 is 1.66 bits per heavy atom. The van der Waals surface area contributed by atoms with Crippen LogP contribution in [0.3, 0.4) is 0 Å². The van der Waals surface area contributed by atoms with Crippen LogP contribution in [0.4, 0.5) is 0 Å². The number of nitrogens with one attached hydrogen (secondary N) is 1. The number of hydrogen-bond donors (Lipinski definition) is 4. The van der Waals surface area contributed by atoms with Gasteiger partial charge in [0, 0.05) is 59.8 Å². The van der Waals surface area contributed by atoms with Crippen LogP contribution in [0.25, 0.3) is 0 Å². The van der Waals surface area contributed by atoms with E-state index >= 15 is 0 Å². The number of nitrogens with two attached hydrogens (primary N) is 1. The molecule has 0 saturated carbocycles. The third kappa shape index (κ3) is 17.2. The van der Waals surface area contributed by atoms with E-state index in [1.807, 2.05) is 20.8 Å². The zero-order valence-electron chi connectivity index (χ0n) is 23.5. The number of aliphatic hydroxyl groups excluding tert-OH is 2. The summed E-state index contributed by atoms with van der Waals surface area (Å²) in [5, 5.41) is 21.8. The third-order valence-electron chi connectivity index (χ3n) is 5.58. The van der Waals surface area contributed by atoms with Crippen molar-refractivity contribution < 1.29 is 36.8 Å². The van der Waals surface area contributed by atoms with Gasteiger partial charge in [0.05, 0.1) is 5.60 Å². The summed E-state index contributed by atoms with van der Waals surface area (Å²) in [5.74, 6) is 0. The quantitative estimate of drug-likeness (QED) is 0.112. The molecule has 5 N–H and O–H groups in total. The number of unbranched alkanes of at least 4 members (excludes halogenated alkanes) is 1. The van der Waals surface area contributed by atoms with Crippen molar-refractivity contribution >= 4 is 17.6 Å². The summed E-state index contributed by atoms with van der Waals surface area (Å²) in [7, 11) is -0.185. The van der Waals surface area contributed by atoms with E-state index in [1.54, 1.807) is 21.3 Å². The molecular weight excluding hydrogens is 488 g/mol. The van der Waals surface area contributed by atoms with E-state index in [9.17, 15) is 10.2 Å². The predicted octanol–water partition coefficient (Wildman–Crippen LogP) is 2.53. The van der Waals surface area contributed by atoms with Gasteiger partial charge in [0.2, 0.25) is 0 Å². The van der Waals surface area contributed by atoms with Crippen LogP contribution in [0.5, 0.6) is 0 Å². The van der Waals surface area contributed by atoms with Crippen LogP contribution < -0.4 is 11.1 Å². The number of rotatable bonds is 23. The van der Waals surface area contributed by atoms with Crippen LogP contribution in [0.2, 0.25) is 12.1 Å². The lowest BCUT2D eigenvalue weighted by Gasteiger charge is -2.39. The second-order valence-corrected chi connectivity index (χ2v) is 14.2. The van der Waals surface area contributed by atoms with E-state index in [0.717, 1.165) is 32.0 Å². The van der Waals surface area contributed by atoms with Gasteiger partial charge in [-0.2, -0.15) is 0 Å². The molecule has 0 unspecified atom stereocenters. The van der Waals surface area contributed by atoms with Crippen molar-refractivity contribution in [2.45, 2.75) is 83.9 Å². The van der Waals surface area contributed by atoms with Crippen LogP contribution >= 0.6 is 0 Å². The van der Waals surface area contributed by atoms with Gasteiger partial charge in [0.15, 0.2) is 0 Å². The van der Waals surface area contributed by atoms with Gasteiger partial charge in [-0.25, -0.2) is 0 Å². The first kappa shape index (κ1) is 37.2. The fourth-order valence-corrected chi connectivity index (χ4v) is 8.33. The maximum atomic E-state index is 9.21. The molecule has 0 heterocycles. The van der Waals surface area contributed by atoms with Crippen LogP contribution in [0.15, 0.2) is 0 Å². The van der Waals surface area contributed by atoms with E-state index in [2.05, 4.69) is 12.2 Å². The lowest BCUT2D eigenvalue weighted by molar-refractivity contribution is -0.0429. The Hall–Kier alpha value is 0.0338. The highest BCUT2D eigenvalue weighted by Gasteiger charge is 2.46. The molecule has 0 saturated heterocycles. The summed E-state index contributed by atoms with van der Waals surface area (Å²) in [4.78, 5) is 0. The lowest BCUT2D eigenvalue weighted by atomic mass is 9.99. The van der Waals surface area contributed by atoms with Crippen molar-refractivity contribution in [2.75, 3.05) is 67.4 Å². The molecule has 0 aromatic heterocycles. The van der Waals surface area contributed by atoms with Crippen LogP contribution in [-0.2, 0) is 26.6 Å². The molecule has 0 aliphatic heterocycles. The summed E-state index contributed by atoms with van der Waals surface area (Å²) >= 11 is 0. The molecule has 0 aliphatic rings. The smallest absolute Gasteiger partial charge is 0.396 e. The van der Waals surface area contributed by atoms with Crippen molar-refractivity contribution in [1.82, 2.24) is 5.32 Å². The SMILES string of the molecule is CCCCNCCC[Si](OC)(OC)OC.CCO[Si](CCCN)(OCC)OC(C)(CCO)CCO. The molecule has 0 aromatic carbocycles. The van der Waals surface area contributed by atoms with E-state index < -0.39 is 23.2 Å². The third-order valence-corrected chi connectivity index (χ3v) is 11.6. The van der Waals surface area contributed by atoms with Gasteiger partial charge in [-0.1, -0.05) is 13.3 Å². The molecule has 10 nitrogen and oxygen atoms in total. The molecule has 214 valence electrons. The van der Waals surface area contributed by atoms with Crippen molar-refractivity contribution in [2.24, 2.45) is 5.73 Å². The van der Waals surface area contributed by atoms with Crippen LogP contribution in [0.1, 0.15) is 66.2 Å². The minimum absolute atomic E-state index is 0.00385. The maximum Gasteiger partial charge on any atom is 0.501 e. The average Bonchev–Trinajstić information content (AvgIpc) is 2.84. The van der Waals surface area contributed by atoms with Crippen LogP contribution in [-0.4, -0.2) is 101 Å². The lowest BCUT2D eigenvalue weighted by Crippen LogP contribution is -2.53. The topological polar surface area (TPSA) is 134 Å². The second kappa shape index (κ2) is 23.2. The molecular formula is C23H56N2O8Si2. The van der Waals surface area contributed by atoms with Crippen molar-refractivity contribution in [3.05, 3.63) is 0 Å². The van der Waals surface area contributed by atoms with Gasteiger partial charge in [0.25, 0.3) is 0 Å². The van der Waals surface area contributed by atoms with Gasteiger partial charge in [-0.15, -0.1) is 0 Å². The Bertz CT molecular complexity index is 443. The minimum Gasteiger partial charge on any atom is -0.396 e. The zero-order valence-corrected chi connectivity index (χ0v) is 25.5. The maximum absolute atomic E-state index is 9.21. The van der Waals surface area contributed by atoms with Crippen molar-refractivity contribution in [3.63, 3.8) is 0 Å². The van der Waals surface area contributed by atoms with Gasteiger partial charge < -0.3 is 47.8 Å². The Kier molecular flexibility index (Phi) is 24.6. The van der Waals surface area contributed by atoms with Gasteiger partial charge in [-0.3, -0.25) is 0 Å². The average molecular weight is 545 g/mol. The largest absolute Gasteiger partial charge is 0.501 e. The molecule has 0 aromatic rings. The number of aliphatic hydroxyl groups is 2. The molecule has 12 heteroatoms. The molecule has 0 fully saturated rings. The summed E-state index contributed by atoms with van der Waals surface area (Å²) in [6.07, 6.45) is 5.14. The summed E-state index contributed by atoms with van der Waals surface area (Å²) < 4.78 is 33.9. The highest BCUT2D eigenvalue weighted by molar-refractivity contribution is 6.61. The zero-order chi connectivity index (χ0) is 27.1. The molecule has 0 radical (unpaired) electrons. The molecule has 0 atom stereocenters. The summed E-state index contributed by atoms with van der Waals surface area (Å²) in [5.41, 5.74) is 4.94. The van der Waals surface area contributed by atoms with Gasteiger partial charge >= 0.3 is 17.6 Å². The summed E-state index contributed by atoms with van der Waals surface area (Å²) in [6.45, 7) is 11.5. The van der Waals surface area contributed by atoms with E-state index in [0.29, 0.717) is 38.6 Å². The van der Waals surface area contributed by atoms with E-state index in [1.165, 1.54) is 12.8 Å². The number of hydrogen-bond acceptors (Lipinski definition) is 10. The molecule has 0 aliphatic carbocycles. The first-order valence-corrected chi connectivity index (χ1v) is 16.9. The highest BCUT2D eigenvalue weighted by Crippen LogP contribution is 2.29. The van der Waals surface area contributed by atoms with E-state index in [4.69, 9.17) is 32.3 Å². The first-order chi connectivity index (χ1) is 16.8. The Morgan fingerprint density at radius 1 is 0.771 bits per heavy atom. The fourth-order valence-electron chi connectivity index (χ4n) is 3.54. The molecule has 35 heavy (non-hydrogen) atoms. The Balaban J connectivity index is 0. The molecule has 0 rings (SSSR count). The Morgan fingerprint density at radius 2 is 1.26 bits per heavy atom. The first-order valence-electron chi connectivity index (χ1n) is 13.0. The van der Waals surface area contributed by atoms with Gasteiger partial charge in [0.1, 0.15) is 0 Å². The molecule has 0 bridgehead atoms. The summed E-state index contributed by atoms with van der Waals surface area (Å²) in [6, 6.07) is 1.52.